The van der Waals surface area contributed by atoms with Crippen LogP contribution < -0.4 is 10.5 Å². The predicted molar refractivity (Wildman–Crippen MR) is 97.0 cm³/mol. The van der Waals surface area contributed by atoms with Gasteiger partial charge in [0.1, 0.15) is 0 Å². The Labute approximate surface area is 161 Å². The van der Waals surface area contributed by atoms with Crippen molar-refractivity contribution in [1.82, 2.24) is 14.8 Å². The first-order chi connectivity index (χ1) is 13.4. The van der Waals surface area contributed by atoms with E-state index in [-0.39, 0.29) is 28.6 Å². The molecular formula is C20H22F2N4O2. The van der Waals surface area contributed by atoms with E-state index >= 15 is 0 Å². The molecule has 3 heterocycles. The quantitative estimate of drug-likeness (QED) is 0.850. The fourth-order valence-corrected chi connectivity index (χ4v) is 6.18. The van der Waals surface area contributed by atoms with Crippen molar-refractivity contribution in [3.63, 3.8) is 0 Å². The van der Waals surface area contributed by atoms with Crippen LogP contribution in [0.15, 0.2) is 18.3 Å². The molecule has 5 fully saturated rings. The van der Waals surface area contributed by atoms with Gasteiger partial charge in [0.25, 0.3) is 0 Å². The van der Waals surface area contributed by atoms with Crippen molar-refractivity contribution in [2.24, 2.45) is 17.8 Å². The molecule has 4 saturated carbocycles. The Kier molecular flexibility index (Phi) is 3.00. The van der Waals surface area contributed by atoms with Gasteiger partial charge in [-0.3, -0.25) is 4.68 Å². The SMILES string of the molecule is CC(C)n1nc(-c2cnc(N)c(OC(F)F)c2)cc1[C@]12C3[C@@H]1[C@@H]2CC31CCO1. The van der Waals surface area contributed by atoms with Gasteiger partial charge < -0.3 is 15.2 Å². The lowest BCUT2D eigenvalue weighted by Crippen LogP contribution is -2.43. The van der Waals surface area contributed by atoms with Gasteiger partial charge in [0.2, 0.25) is 0 Å². The van der Waals surface area contributed by atoms with E-state index in [1.54, 1.807) is 6.20 Å². The average molecular weight is 388 g/mol. The molecule has 5 atom stereocenters. The number of ether oxygens (including phenoxy) is 2. The number of aromatic nitrogens is 3. The minimum absolute atomic E-state index is 0.0577. The Morgan fingerprint density at radius 1 is 1.36 bits per heavy atom. The maximum Gasteiger partial charge on any atom is 0.387 e. The molecule has 1 aliphatic heterocycles. The second-order valence-electron chi connectivity index (χ2n) is 8.85. The van der Waals surface area contributed by atoms with Crippen LogP contribution in [0.4, 0.5) is 14.6 Å². The molecule has 1 spiro atoms. The molecule has 8 heteroatoms. The van der Waals surface area contributed by atoms with E-state index in [9.17, 15) is 8.78 Å². The van der Waals surface area contributed by atoms with Crippen LogP contribution in [0.25, 0.3) is 11.3 Å². The predicted octanol–water partition coefficient (Wildman–Crippen LogP) is 3.39. The molecule has 0 radical (unpaired) electrons. The fraction of sp³-hybridized carbons (Fsp3) is 0.600. The lowest BCUT2D eigenvalue weighted by Gasteiger charge is -2.39. The van der Waals surface area contributed by atoms with E-state index in [0.717, 1.165) is 18.9 Å². The second-order valence-corrected chi connectivity index (χ2v) is 8.85. The normalized spacial score (nSPS) is 36.7. The highest BCUT2D eigenvalue weighted by molar-refractivity contribution is 5.66. The molecule has 2 unspecified atom stereocenters. The summed E-state index contributed by atoms with van der Waals surface area (Å²) in [6.07, 6.45) is 3.90. The topological polar surface area (TPSA) is 75.2 Å². The van der Waals surface area contributed by atoms with E-state index in [2.05, 4.69) is 34.3 Å². The summed E-state index contributed by atoms with van der Waals surface area (Å²) in [6, 6.07) is 3.80. The molecule has 2 aromatic heterocycles. The van der Waals surface area contributed by atoms with Crippen LogP contribution in [0, 0.1) is 17.8 Å². The molecular weight excluding hydrogens is 366 g/mol. The second kappa shape index (κ2) is 5.03. The van der Waals surface area contributed by atoms with Gasteiger partial charge in [-0.1, -0.05) is 0 Å². The molecule has 5 aliphatic rings. The fourth-order valence-electron chi connectivity index (χ4n) is 6.18. The molecule has 0 amide bonds. The monoisotopic (exact) mass is 388 g/mol. The number of rotatable bonds is 5. The number of anilines is 1. The Morgan fingerprint density at radius 3 is 2.71 bits per heavy atom. The third-order valence-corrected chi connectivity index (χ3v) is 7.36. The van der Waals surface area contributed by atoms with Crippen LogP contribution in [-0.2, 0) is 10.2 Å². The highest BCUT2D eigenvalue weighted by Gasteiger charge is 2.97. The molecule has 6 nitrogen and oxygen atoms in total. The molecule has 1 saturated heterocycles. The van der Waals surface area contributed by atoms with Crippen molar-refractivity contribution in [2.45, 2.75) is 50.4 Å². The largest absolute Gasteiger partial charge is 0.431 e. The minimum Gasteiger partial charge on any atom is -0.431 e. The zero-order valence-corrected chi connectivity index (χ0v) is 15.7. The van der Waals surface area contributed by atoms with Crippen LogP contribution in [0.2, 0.25) is 0 Å². The van der Waals surface area contributed by atoms with Crippen molar-refractivity contribution < 1.29 is 18.3 Å². The number of hydrogen-bond acceptors (Lipinski definition) is 5. The van der Waals surface area contributed by atoms with Crippen molar-refractivity contribution >= 4 is 5.82 Å². The summed E-state index contributed by atoms with van der Waals surface area (Å²) >= 11 is 0. The summed E-state index contributed by atoms with van der Waals surface area (Å²) in [6.45, 7) is 2.15. The lowest BCUT2D eigenvalue weighted by atomic mass is 9.89. The van der Waals surface area contributed by atoms with Crippen molar-refractivity contribution in [1.29, 1.82) is 0 Å². The van der Waals surface area contributed by atoms with Crippen molar-refractivity contribution in [2.75, 3.05) is 12.3 Å². The number of nitrogen functional groups attached to an aromatic ring is 1. The average Bonchev–Trinajstić information content (AvgIpc) is 3.21. The lowest BCUT2D eigenvalue weighted by molar-refractivity contribution is -0.150. The van der Waals surface area contributed by atoms with E-state index in [0.29, 0.717) is 23.1 Å². The molecule has 28 heavy (non-hydrogen) atoms. The van der Waals surface area contributed by atoms with Crippen molar-refractivity contribution in [3.05, 3.63) is 24.0 Å². The number of pyridine rings is 1. The van der Waals surface area contributed by atoms with Crippen molar-refractivity contribution in [3.8, 4) is 17.0 Å². The zero-order chi connectivity index (χ0) is 19.4. The van der Waals surface area contributed by atoms with Crippen LogP contribution in [0.3, 0.4) is 0 Å². The number of nitrogens with zero attached hydrogens (tertiary/aromatic N) is 3. The summed E-state index contributed by atoms with van der Waals surface area (Å²) in [4.78, 5) is 4.02. The number of halogens is 2. The van der Waals surface area contributed by atoms with E-state index in [4.69, 9.17) is 15.6 Å². The summed E-state index contributed by atoms with van der Waals surface area (Å²) in [7, 11) is 0. The van der Waals surface area contributed by atoms with Crippen LogP contribution >= 0.6 is 0 Å². The van der Waals surface area contributed by atoms with Gasteiger partial charge in [-0.2, -0.15) is 13.9 Å². The van der Waals surface area contributed by atoms with E-state index < -0.39 is 6.61 Å². The molecule has 7 rings (SSSR count). The maximum absolute atomic E-state index is 12.6. The van der Waals surface area contributed by atoms with Crippen LogP contribution in [-0.4, -0.2) is 33.6 Å². The molecule has 4 aliphatic carbocycles. The van der Waals surface area contributed by atoms with Gasteiger partial charge in [-0.15, -0.1) is 0 Å². The smallest absolute Gasteiger partial charge is 0.387 e. The van der Waals surface area contributed by atoms with Gasteiger partial charge >= 0.3 is 6.61 Å². The highest BCUT2D eigenvalue weighted by Crippen LogP contribution is 2.95. The third-order valence-electron chi connectivity index (χ3n) is 7.36. The van der Waals surface area contributed by atoms with E-state index in [1.165, 1.54) is 18.2 Å². The first-order valence-corrected chi connectivity index (χ1v) is 9.83. The van der Waals surface area contributed by atoms with E-state index in [1.807, 2.05) is 0 Å². The Balaban J connectivity index is 1.39. The Bertz CT molecular complexity index is 981. The molecule has 2 N–H and O–H groups in total. The first-order valence-electron chi connectivity index (χ1n) is 9.83. The van der Waals surface area contributed by atoms with Crippen LogP contribution in [0.5, 0.6) is 5.75 Å². The van der Waals surface area contributed by atoms with Gasteiger partial charge in [0.05, 0.1) is 17.9 Å². The number of hydrogen-bond donors (Lipinski definition) is 1. The zero-order valence-electron chi connectivity index (χ0n) is 15.7. The summed E-state index contributed by atoms with van der Waals surface area (Å²) in [5, 5.41) is 4.80. The summed E-state index contributed by atoms with van der Waals surface area (Å²) < 4.78 is 37.9. The van der Waals surface area contributed by atoms with Gasteiger partial charge in [0, 0.05) is 41.2 Å². The number of alkyl halides is 2. The molecule has 148 valence electrons. The van der Waals surface area contributed by atoms with Crippen LogP contribution in [0.1, 0.15) is 38.4 Å². The van der Waals surface area contributed by atoms with Gasteiger partial charge in [-0.25, -0.2) is 4.98 Å². The first kappa shape index (κ1) is 16.7. The third kappa shape index (κ3) is 1.85. The highest BCUT2D eigenvalue weighted by atomic mass is 19.3. The minimum atomic E-state index is -2.95. The standard InChI is InChI=1S/C20H22F2N4O2/c1-9(2)26-14(20-11-7-19(3-4-27-19)16(20)15(11)20)6-12(25-26)10-5-13(28-18(21)22)17(23)24-8-10/h5-6,8-9,11,15-16,18H,3-4,7H2,1-2H3,(H2,23,24)/t11-,15-,16?,19?,20-/m0/s1. The Morgan fingerprint density at radius 2 is 2.14 bits per heavy atom. The summed E-state index contributed by atoms with van der Waals surface area (Å²) in [5.41, 5.74) is 8.58. The molecule has 2 aromatic rings. The van der Waals surface area contributed by atoms with Gasteiger partial charge in [0.15, 0.2) is 11.6 Å². The molecule has 0 aromatic carbocycles. The Hall–Kier alpha value is -2.22. The maximum atomic E-state index is 12.6. The molecule has 2 bridgehead atoms. The number of nitrogens with two attached hydrogens (primary N) is 1. The van der Waals surface area contributed by atoms with Gasteiger partial charge in [-0.05, 0) is 44.2 Å². The summed E-state index contributed by atoms with van der Waals surface area (Å²) in [5.74, 6) is 1.85.